The van der Waals surface area contributed by atoms with Gasteiger partial charge in [-0.3, -0.25) is 0 Å². The molecule has 0 fully saturated rings. The lowest BCUT2D eigenvalue weighted by molar-refractivity contribution is 0.669. The van der Waals surface area contributed by atoms with Gasteiger partial charge in [-0.15, -0.1) is 0 Å². The number of rotatable bonds is 4. The van der Waals surface area contributed by atoms with Gasteiger partial charge in [-0.2, -0.15) is 0 Å². The first-order chi connectivity index (χ1) is 22.3. The third kappa shape index (κ3) is 4.24. The van der Waals surface area contributed by atoms with Gasteiger partial charge in [-0.1, -0.05) is 152 Å². The Hall–Kier alpha value is -5.92. The maximum absolute atomic E-state index is 6.16. The van der Waals surface area contributed by atoms with Gasteiger partial charge in [0, 0.05) is 10.8 Å². The summed E-state index contributed by atoms with van der Waals surface area (Å²) in [4.78, 5) is 0. The van der Waals surface area contributed by atoms with Gasteiger partial charge in [0.2, 0.25) is 0 Å². The molecule has 0 atom stereocenters. The summed E-state index contributed by atoms with van der Waals surface area (Å²) in [5, 5.41) is 7.30. The minimum atomic E-state index is 0.917. The van der Waals surface area contributed by atoms with Crippen LogP contribution in [0.25, 0.3) is 88.0 Å². The standard InChI is InChI=1S/C44H28O/c1-2-10-29(11-3-1)30-18-20-31(21-19-30)32-22-24-33(25-23-32)43-36-13-4-6-15-38(36)44(39-16-7-5-14-37(39)43)34-26-27-42-40(28-34)35-12-8-9-17-41(35)45-42/h1-28H. The van der Waals surface area contributed by atoms with Crippen molar-refractivity contribution in [1.29, 1.82) is 0 Å². The largest absolute Gasteiger partial charge is 0.456 e. The summed E-state index contributed by atoms with van der Waals surface area (Å²) < 4.78 is 6.16. The van der Waals surface area contributed by atoms with E-state index < -0.39 is 0 Å². The van der Waals surface area contributed by atoms with Crippen LogP contribution >= 0.6 is 0 Å². The van der Waals surface area contributed by atoms with E-state index in [1.165, 1.54) is 66.1 Å². The minimum absolute atomic E-state index is 0.917. The molecule has 0 saturated heterocycles. The van der Waals surface area contributed by atoms with Crippen LogP contribution in [0.4, 0.5) is 0 Å². The number of para-hydroxylation sites is 1. The Morgan fingerprint density at radius 1 is 0.244 bits per heavy atom. The lowest BCUT2D eigenvalue weighted by Gasteiger charge is -2.18. The van der Waals surface area contributed by atoms with Crippen LogP contribution in [0.2, 0.25) is 0 Å². The number of fused-ring (bicyclic) bond motifs is 5. The Morgan fingerprint density at radius 2 is 0.622 bits per heavy atom. The average molecular weight is 573 g/mol. The molecule has 1 aromatic heterocycles. The molecule has 0 unspecified atom stereocenters. The van der Waals surface area contributed by atoms with Crippen molar-refractivity contribution in [1.82, 2.24) is 0 Å². The summed E-state index contributed by atoms with van der Waals surface area (Å²) in [7, 11) is 0. The SMILES string of the molecule is c1ccc(-c2ccc(-c3ccc(-c4c5ccccc5c(-c5ccc6oc7ccccc7c6c5)c5ccccc45)cc3)cc2)cc1. The highest BCUT2D eigenvalue weighted by Crippen LogP contribution is 2.45. The van der Waals surface area contributed by atoms with E-state index in [-0.39, 0.29) is 0 Å². The number of benzene rings is 8. The topological polar surface area (TPSA) is 13.1 Å². The quantitative estimate of drug-likeness (QED) is 0.191. The molecular weight excluding hydrogens is 544 g/mol. The summed E-state index contributed by atoms with van der Waals surface area (Å²) in [5.41, 5.74) is 11.7. The molecule has 0 aliphatic rings. The molecule has 1 heterocycles. The van der Waals surface area contributed by atoms with Gasteiger partial charge in [0.05, 0.1) is 0 Å². The summed E-state index contributed by atoms with van der Waals surface area (Å²) in [6.45, 7) is 0. The highest BCUT2D eigenvalue weighted by Gasteiger charge is 2.18. The Labute approximate surface area is 261 Å². The molecular formula is C44H28O. The van der Waals surface area contributed by atoms with Crippen LogP contribution in [-0.2, 0) is 0 Å². The second kappa shape index (κ2) is 10.4. The zero-order valence-corrected chi connectivity index (χ0v) is 24.6. The van der Waals surface area contributed by atoms with Crippen molar-refractivity contribution >= 4 is 43.5 Å². The van der Waals surface area contributed by atoms with Gasteiger partial charge >= 0.3 is 0 Å². The molecule has 1 nitrogen and oxygen atoms in total. The molecule has 45 heavy (non-hydrogen) atoms. The normalized spacial score (nSPS) is 11.6. The fourth-order valence-electron chi connectivity index (χ4n) is 6.95. The zero-order valence-electron chi connectivity index (χ0n) is 24.6. The summed E-state index contributed by atoms with van der Waals surface area (Å²) in [6.07, 6.45) is 0. The van der Waals surface area contributed by atoms with E-state index in [0.29, 0.717) is 0 Å². The number of hydrogen-bond acceptors (Lipinski definition) is 1. The maximum Gasteiger partial charge on any atom is 0.135 e. The van der Waals surface area contributed by atoms with Crippen molar-refractivity contribution in [2.45, 2.75) is 0 Å². The van der Waals surface area contributed by atoms with Crippen LogP contribution < -0.4 is 0 Å². The monoisotopic (exact) mass is 572 g/mol. The van der Waals surface area contributed by atoms with Gasteiger partial charge in [-0.05, 0) is 84.3 Å². The van der Waals surface area contributed by atoms with Crippen LogP contribution in [0.5, 0.6) is 0 Å². The molecule has 0 aliphatic carbocycles. The first-order valence-electron chi connectivity index (χ1n) is 15.4. The van der Waals surface area contributed by atoms with E-state index in [9.17, 15) is 0 Å². The molecule has 0 aliphatic heterocycles. The van der Waals surface area contributed by atoms with Gasteiger partial charge in [0.1, 0.15) is 11.2 Å². The number of furan rings is 1. The van der Waals surface area contributed by atoms with Crippen LogP contribution in [0.15, 0.2) is 174 Å². The van der Waals surface area contributed by atoms with E-state index in [1.54, 1.807) is 0 Å². The summed E-state index contributed by atoms with van der Waals surface area (Å²) in [6, 6.07) is 61.0. The number of hydrogen-bond donors (Lipinski definition) is 0. The minimum Gasteiger partial charge on any atom is -0.456 e. The van der Waals surface area contributed by atoms with E-state index in [0.717, 1.165) is 21.9 Å². The molecule has 8 aromatic carbocycles. The Bertz CT molecular complexity index is 2440. The molecule has 1 heteroatoms. The molecule has 0 saturated carbocycles. The van der Waals surface area contributed by atoms with Crippen molar-refractivity contribution in [3.8, 4) is 44.5 Å². The molecule has 0 radical (unpaired) electrons. The molecule has 9 aromatic rings. The van der Waals surface area contributed by atoms with Crippen molar-refractivity contribution in [3.05, 3.63) is 170 Å². The third-order valence-electron chi connectivity index (χ3n) is 9.10. The summed E-state index contributed by atoms with van der Waals surface area (Å²) >= 11 is 0. The predicted octanol–water partition coefficient (Wildman–Crippen LogP) is 12.6. The lowest BCUT2D eigenvalue weighted by Crippen LogP contribution is -1.91. The fraction of sp³-hybridized carbons (Fsp3) is 0. The van der Waals surface area contributed by atoms with Crippen LogP contribution in [0.3, 0.4) is 0 Å². The second-order valence-corrected chi connectivity index (χ2v) is 11.7. The van der Waals surface area contributed by atoms with Crippen LogP contribution in [-0.4, -0.2) is 0 Å². The molecule has 0 amide bonds. The smallest absolute Gasteiger partial charge is 0.135 e. The molecule has 9 rings (SSSR count). The van der Waals surface area contributed by atoms with Gasteiger partial charge in [0.15, 0.2) is 0 Å². The van der Waals surface area contributed by atoms with Crippen molar-refractivity contribution in [2.24, 2.45) is 0 Å². The van der Waals surface area contributed by atoms with Crippen molar-refractivity contribution < 1.29 is 4.42 Å². The van der Waals surface area contributed by atoms with Crippen molar-refractivity contribution in [2.75, 3.05) is 0 Å². The average Bonchev–Trinajstić information content (AvgIpc) is 3.49. The molecule has 0 bridgehead atoms. The van der Waals surface area contributed by atoms with E-state index in [2.05, 4.69) is 158 Å². The molecule has 0 spiro atoms. The van der Waals surface area contributed by atoms with E-state index in [1.807, 2.05) is 12.1 Å². The Kier molecular flexibility index (Phi) is 5.89. The van der Waals surface area contributed by atoms with Crippen LogP contribution in [0, 0.1) is 0 Å². The van der Waals surface area contributed by atoms with E-state index in [4.69, 9.17) is 4.42 Å². The zero-order chi connectivity index (χ0) is 29.7. The lowest BCUT2D eigenvalue weighted by atomic mass is 9.85. The molecule has 0 N–H and O–H groups in total. The van der Waals surface area contributed by atoms with Crippen molar-refractivity contribution in [3.63, 3.8) is 0 Å². The van der Waals surface area contributed by atoms with Crippen LogP contribution in [0.1, 0.15) is 0 Å². The third-order valence-corrected chi connectivity index (χ3v) is 9.10. The van der Waals surface area contributed by atoms with E-state index >= 15 is 0 Å². The molecule has 210 valence electrons. The Balaban J connectivity index is 1.19. The first-order valence-corrected chi connectivity index (χ1v) is 15.4. The fourth-order valence-corrected chi connectivity index (χ4v) is 6.95. The predicted molar refractivity (Wildman–Crippen MR) is 190 cm³/mol. The van der Waals surface area contributed by atoms with Gasteiger partial charge in [0.25, 0.3) is 0 Å². The van der Waals surface area contributed by atoms with Gasteiger partial charge in [-0.25, -0.2) is 0 Å². The second-order valence-electron chi connectivity index (χ2n) is 11.7. The highest BCUT2D eigenvalue weighted by atomic mass is 16.3. The van der Waals surface area contributed by atoms with Gasteiger partial charge < -0.3 is 4.42 Å². The highest BCUT2D eigenvalue weighted by molar-refractivity contribution is 6.22. The Morgan fingerprint density at radius 3 is 1.18 bits per heavy atom. The summed E-state index contributed by atoms with van der Waals surface area (Å²) in [5.74, 6) is 0. The maximum atomic E-state index is 6.16. The first kappa shape index (κ1) is 25.6.